The van der Waals surface area contributed by atoms with Crippen molar-refractivity contribution in [2.24, 2.45) is 0 Å². The van der Waals surface area contributed by atoms with E-state index >= 15 is 0 Å². The van der Waals surface area contributed by atoms with Crippen LogP contribution in [0.3, 0.4) is 0 Å². The van der Waals surface area contributed by atoms with Crippen LogP contribution in [0.1, 0.15) is 0 Å². The summed E-state index contributed by atoms with van der Waals surface area (Å²) in [5.41, 5.74) is 8.69. The third kappa shape index (κ3) is 2.26. The van der Waals surface area contributed by atoms with Crippen LogP contribution >= 0.6 is 43.5 Å². The van der Waals surface area contributed by atoms with Crippen LogP contribution in [0.2, 0.25) is 5.02 Å². The van der Waals surface area contributed by atoms with Gasteiger partial charge in [-0.15, -0.1) is 0 Å². The molecule has 3 aromatic rings. The lowest BCUT2D eigenvalue weighted by molar-refractivity contribution is 0.619. The molecular weight excluding hydrogens is 395 g/mol. The number of nitrogens with zero attached hydrogens (tertiary/aromatic N) is 1. The van der Waals surface area contributed by atoms with E-state index in [4.69, 9.17) is 21.8 Å². The fraction of sp³-hybridized carbons (Fsp3) is 0. The Hall–Kier alpha value is -1.04. The maximum Gasteiger partial charge on any atom is 0.227 e. The summed E-state index contributed by atoms with van der Waals surface area (Å²) in [7, 11) is 0. The number of hydrogen-bond donors (Lipinski definition) is 1. The molecular formula is C13H7Br2ClN2O. The highest BCUT2D eigenvalue weighted by atomic mass is 79.9. The summed E-state index contributed by atoms with van der Waals surface area (Å²) in [6, 6.07) is 9.15. The van der Waals surface area contributed by atoms with Gasteiger partial charge in [0.2, 0.25) is 5.89 Å². The number of oxazole rings is 1. The molecule has 2 aromatic carbocycles. The van der Waals surface area contributed by atoms with E-state index in [-0.39, 0.29) is 0 Å². The van der Waals surface area contributed by atoms with Crippen LogP contribution in [0, 0.1) is 0 Å². The van der Waals surface area contributed by atoms with Crippen molar-refractivity contribution >= 4 is 60.2 Å². The summed E-state index contributed by atoms with van der Waals surface area (Å²) < 4.78 is 7.22. The Morgan fingerprint density at radius 1 is 1.21 bits per heavy atom. The van der Waals surface area contributed by atoms with Crippen LogP contribution in [-0.4, -0.2) is 4.98 Å². The summed E-state index contributed by atoms with van der Waals surface area (Å²) >= 11 is 12.8. The first-order valence-corrected chi connectivity index (χ1v) is 7.32. The van der Waals surface area contributed by atoms with Gasteiger partial charge in [0, 0.05) is 15.1 Å². The second kappa shape index (κ2) is 4.81. The van der Waals surface area contributed by atoms with Gasteiger partial charge in [-0.25, -0.2) is 4.98 Å². The smallest absolute Gasteiger partial charge is 0.227 e. The largest absolute Gasteiger partial charge is 0.436 e. The fourth-order valence-electron chi connectivity index (χ4n) is 1.76. The second-order valence-corrected chi connectivity index (χ2v) is 6.05. The quantitative estimate of drug-likeness (QED) is 0.565. The summed E-state index contributed by atoms with van der Waals surface area (Å²) in [5, 5.41) is 0.638. The number of rotatable bonds is 1. The number of nitrogens with two attached hydrogens (primary N) is 1. The zero-order valence-corrected chi connectivity index (χ0v) is 13.4. The number of fused-ring (bicyclic) bond motifs is 1. The number of halogens is 3. The van der Waals surface area contributed by atoms with Crippen molar-refractivity contribution in [3.8, 4) is 11.5 Å². The summed E-state index contributed by atoms with van der Waals surface area (Å²) in [4.78, 5) is 4.45. The Morgan fingerprint density at radius 2 is 2.00 bits per heavy atom. The molecule has 1 aromatic heterocycles. The summed E-state index contributed by atoms with van der Waals surface area (Å²) in [6.07, 6.45) is 0. The summed E-state index contributed by atoms with van der Waals surface area (Å²) in [6.45, 7) is 0. The van der Waals surface area contributed by atoms with Crippen LogP contribution in [0.4, 0.5) is 5.69 Å². The lowest BCUT2D eigenvalue weighted by Gasteiger charge is -1.99. The number of nitrogen functional groups attached to an aromatic ring is 1. The van der Waals surface area contributed by atoms with Crippen molar-refractivity contribution in [2.45, 2.75) is 0 Å². The van der Waals surface area contributed by atoms with Gasteiger partial charge in [0.25, 0.3) is 0 Å². The molecule has 0 saturated heterocycles. The van der Waals surface area contributed by atoms with E-state index in [1.807, 2.05) is 12.1 Å². The van der Waals surface area contributed by atoms with Crippen LogP contribution < -0.4 is 5.73 Å². The zero-order valence-electron chi connectivity index (χ0n) is 9.45. The van der Waals surface area contributed by atoms with Crippen molar-refractivity contribution in [3.05, 3.63) is 44.3 Å². The number of aromatic nitrogens is 1. The molecule has 2 N–H and O–H groups in total. The predicted molar refractivity (Wildman–Crippen MR) is 84.3 cm³/mol. The van der Waals surface area contributed by atoms with Gasteiger partial charge < -0.3 is 10.2 Å². The predicted octanol–water partition coefficient (Wildman–Crippen LogP) is 5.26. The van der Waals surface area contributed by atoms with Crippen molar-refractivity contribution in [1.82, 2.24) is 4.98 Å². The fourth-order valence-corrected chi connectivity index (χ4v) is 3.12. The normalized spacial score (nSPS) is 11.1. The van der Waals surface area contributed by atoms with Gasteiger partial charge in [-0.05, 0) is 56.1 Å². The molecule has 1 heterocycles. The second-order valence-electron chi connectivity index (χ2n) is 3.96. The molecule has 0 aliphatic carbocycles. The average molecular weight is 402 g/mol. The highest BCUT2D eigenvalue weighted by Crippen LogP contribution is 2.37. The molecule has 0 unspecified atom stereocenters. The lowest BCUT2D eigenvalue weighted by atomic mass is 10.2. The molecule has 0 bridgehead atoms. The first-order valence-electron chi connectivity index (χ1n) is 5.36. The SMILES string of the molecule is Nc1c(Br)cc2oc(-c3cccc(Cl)c3)nc2c1Br. The van der Waals surface area contributed by atoms with E-state index in [2.05, 4.69) is 36.8 Å². The molecule has 96 valence electrons. The molecule has 3 rings (SSSR count). The van der Waals surface area contributed by atoms with Crippen LogP contribution in [-0.2, 0) is 0 Å². The minimum atomic E-state index is 0.510. The van der Waals surface area contributed by atoms with Gasteiger partial charge in [0.1, 0.15) is 5.52 Å². The zero-order chi connectivity index (χ0) is 13.6. The van der Waals surface area contributed by atoms with E-state index in [0.717, 1.165) is 10.0 Å². The molecule has 0 spiro atoms. The van der Waals surface area contributed by atoms with Crippen molar-refractivity contribution in [2.75, 3.05) is 5.73 Å². The third-order valence-electron chi connectivity index (χ3n) is 2.68. The van der Waals surface area contributed by atoms with Crippen molar-refractivity contribution < 1.29 is 4.42 Å². The Morgan fingerprint density at radius 3 is 2.74 bits per heavy atom. The number of benzene rings is 2. The maximum absolute atomic E-state index is 5.97. The van der Waals surface area contributed by atoms with Crippen LogP contribution in [0.15, 0.2) is 43.7 Å². The standard InChI is InChI=1S/C13H7Br2ClN2O/c14-8-5-9-12(10(15)11(8)17)18-13(19-9)6-2-1-3-7(16)4-6/h1-5H,17H2. The maximum atomic E-state index is 5.97. The monoisotopic (exact) mass is 400 g/mol. The molecule has 0 saturated carbocycles. The van der Waals surface area contributed by atoms with Gasteiger partial charge in [-0.1, -0.05) is 17.7 Å². The van der Waals surface area contributed by atoms with E-state index in [0.29, 0.717) is 32.2 Å². The third-order valence-corrected chi connectivity index (χ3v) is 4.38. The first kappa shape index (κ1) is 13.0. The van der Waals surface area contributed by atoms with Gasteiger partial charge >= 0.3 is 0 Å². The molecule has 0 fully saturated rings. The molecule has 0 aliphatic rings. The van der Waals surface area contributed by atoms with Gasteiger partial charge in [-0.2, -0.15) is 0 Å². The molecule has 3 nitrogen and oxygen atoms in total. The Labute approximate surface area is 131 Å². The molecule has 19 heavy (non-hydrogen) atoms. The van der Waals surface area contributed by atoms with Crippen molar-refractivity contribution in [3.63, 3.8) is 0 Å². The van der Waals surface area contributed by atoms with E-state index in [1.54, 1.807) is 18.2 Å². The van der Waals surface area contributed by atoms with Crippen LogP contribution in [0.5, 0.6) is 0 Å². The number of hydrogen-bond acceptors (Lipinski definition) is 3. The number of anilines is 1. The lowest BCUT2D eigenvalue weighted by Crippen LogP contribution is -1.88. The molecule has 0 atom stereocenters. The van der Waals surface area contributed by atoms with Crippen molar-refractivity contribution in [1.29, 1.82) is 0 Å². The van der Waals surface area contributed by atoms with Gasteiger partial charge in [0.15, 0.2) is 5.58 Å². The van der Waals surface area contributed by atoms with E-state index < -0.39 is 0 Å². The highest BCUT2D eigenvalue weighted by Gasteiger charge is 2.15. The Bertz CT molecular complexity index is 786. The molecule has 0 aliphatic heterocycles. The molecule has 6 heteroatoms. The minimum Gasteiger partial charge on any atom is -0.436 e. The van der Waals surface area contributed by atoms with E-state index in [1.165, 1.54) is 0 Å². The van der Waals surface area contributed by atoms with Gasteiger partial charge in [0.05, 0.1) is 10.2 Å². The van der Waals surface area contributed by atoms with Crippen LogP contribution in [0.25, 0.3) is 22.6 Å². The van der Waals surface area contributed by atoms with E-state index in [9.17, 15) is 0 Å². The highest BCUT2D eigenvalue weighted by molar-refractivity contribution is 9.11. The molecule has 0 amide bonds. The molecule has 0 radical (unpaired) electrons. The minimum absolute atomic E-state index is 0.510. The summed E-state index contributed by atoms with van der Waals surface area (Å²) in [5.74, 6) is 0.510. The Kier molecular flexibility index (Phi) is 3.28. The average Bonchev–Trinajstić information content (AvgIpc) is 2.80. The van der Waals surface area contributed by atoms with Gasteiger partial charge in [-0.3, -0.25) is 0 Å². The Balaban J connectivity index is 2.25. The first-order chi connectivity index (χ1) is 9.06. The topological polar surface area (TPSA) is 52.0 Å².